The number of hydrogen-bond donors (Lipinski definition) is 1. The highest BCUT2D eigenvalue weighted by atomic mass is 32.1. The molecule has 2 aromatic heterocycles. The highest BCUT2D eigenvalue weighted by molar-refractivity contribution is 7.18. The van der Waals surface area contributed by atoms with E-state index in [4.69, 9.17) is 0 Å². The maximum absolute atomic E-state index is 12.4. The zero-order chi connectivity index (χ0) is 15.5. The van der Waals surface area contributed by atoms with E-state index in [0.717, 1.165) is 42.3 Å². The van der Waals surface area contributed by atoms with Gasteiger partial charge < -0.3 is 10.2 Å². The molecule has 0 unspecified atom stereocenters. The number of nitrogens with zero attached hydrogens (tertiary/aromatic N) is 3. The average molecular weight is 320 g/mol. The molecule has 0 aliphatic carbocycles. The molecule has 1 saturated heterocycles. The van der Waals surface area contributed by atoms with Gasteiger partial charge in [-0.15, -0.1) is 11.3 Å². The van der Waals surface area contributed by atoms with Crippen LogP contribution in [0.15, 0.2) is 17.2 Å². The molecule has 0 saturated carbocycles. The van der Waals surface area contributed by atoms with Crippen LogP contribution in [-0.2, 0) is 17.8 Å². The number of carbonyl (C=O) groups is 1. The lowest BCUT2D eigenvalue weighted by atomic mass is 10.3. The third-order valence-corrected chi connectivity index (χ3v) is 5.14. The molecule has 3 heterocycles. The van der Waals surface area contributed by atoms with Gasteiger partial charge in [0.25, 0.3) is 5.56 Å². The number of nitrogens with one attached hydrogen (secondary N) is 1. The normalized spacial score (nSPS) is 15.4. The molecule has 3 rings (SSSR count). The number of rotatable bonds is 4. The average Bonchev–Trinajstić information content (AvgIpc) is 2.99. The lowest BCUT2D eigenvalue weighted by molar-refractivity contribution is -0.132. The Hall–Kier alpha value is -1.73. The van der Waals surface area contributed by atoms with Gasteiger partial charge in [0, 0.05) is 44.0 Å². The van der Waals surface area contributed by atoms with Gasteiger partial charge in [-0.1, -0.05) is 6.92 Å². The van der Waals surface area contributed by atoms with Crippen molar-refractivity contribution in [1.82, 2.24) is 19.8 Å². The number of thiophene rings is 1. The first-order valence-electron chi connectivity index (χ1n) is 7.65. The van der Waals surface area contributed by atoms with Crippen molar-refractivity contribution in [2.45, 2.75) is 26.3 Å². The Morgan fingerprint density at radius 3 is 2.91 bits per heavy atom. The molecule has 0 aromatic carbocycles. The largest absolute Gasteiger partial charge is 0.340 e. The topological polar surface area (TPSA) is 67.2 Å². The van der Waals surface area contributed by atoms with Gasteiger partial charge in [0.1, 0.15) is 4.83 Å². The van der Waals surface area contributed by atoms with Crippen LogP contribution in [-0.4, -0.2) is 46.5 Å². The molecule has 118 valence electrons. The molecule has 1 fully saturated rings. The monoisotopic (exact) mass is 320 g/mol. The molecule has 1 N–H and O–H groups in total. The van der Waals surface area contributed by atoms with E-state index in [1.165, 1.54) is 0 Å². The van der Waals surface area contributed by atoms with Crippen molar-refractivity contribution in [3.05, 3.63) is 27.6 Å². The molecule has 0 spiro atoms. The number of piperazine rings is 1. The summed E-state index contributed by atoms with van der Waals surface area (Å²) in [5.41, 5.74) is -0.0472. The van der Waals surface area contributed by atoms with E-state index in [1.807, 2.05) is 11.0 Å². The molecular formula is C15H20N4O2S. The standard InChI is InChI=1S/C15H20N4O2S/c1-2-11-9-12-14(22-11)17-10-19(15(12)21)6-3-13(20)18-7-4-16-5-8-18/h9-10,16H,2-8H2,1H3. The molecule has 22 heavy (non-hydrogen) atoms. The van der Waals surface area contributed by atoms with E-state index < -0.39 is 0 Å². The van der Waals surface area contributed by atoms with Crippen molar-refractivity contribution in [3.8, 4) is 0 Å². The van der Waals surface area contributed by atoms with Crippen LogP contribution in [0.3, 0.4) is 0 Å². The summed E-state index contributed by atoms with van der Waals surface area (Å²) in [7, 11) is 0. The zero-order valence-corrected chi connectivity index (χ0v) is 13.5. The first-order valence-corrected chi connectivity index (χ1v) is 8.47. The van der Waals surface area contributed by atoms with Gasteiger partial charge in [-0.2, -0.15) is 0 Å². The zero-order valence-electron chi connectivity index (χ0n) is 12.7. The highest BCUT2D eigenvalue weighted by Gasteiger charge is 2.16. The maximum Gasteiger partial charge on any atom is 0.262 e. The number of aryl methyl sites for hydroxylation is 2. The molecule has 0 atom stereocenters. The van der Waals surface area contributed by atoms with Gasteiger partial charge in [-0.05, 0) is 12.5 Å². The van der Waals surface area contributed by atoms with Crippen LogP contribution in [0.1, 0.15) is 18.2 Å². The summed E-state index contributed by atoms with van der Waals surface area (Å²) in [4.78, 5) is 32.7. The number of amides is 1. The van der Waals surface area contributed by atoms with E-state index in [-0.39, 0.29) is 11.5 Å². The number of aromatic nitrogens is 2. The van der Waals surface area contributed by atoms with E-state index in [2.05, 4.69) is 17.2 Å². The molecule has 0 radical (unpaired) electrons. The Labute approximate surface area is 132 Å². The maximum atomic E-state index is 12.4. The molecular weight excluding hydrogens is 300 g/mol. The number of carbonyl (C=O) groups excluding carboxylic acids is 1. The molecule has 6 nitrogen and oxygen atoms in total. The third kappa shape index (κ3) is 3.05. The summed E-state index contributed by atoms with van der Waals surface area (Å²) in [6.07, 6.45) is 2.81. The second-order valence-corrected chi connectivity index (χ2v) is 6.52. The fraction of sp³-hybridized carbons (Fsp3) is 0.533. The quantitative estimate of drug-likeness (QED) is 0.907. The van der Waals surface area contributed by atoms with Crippen molar-refractivity contribution in [1.29, 1.82) is 0 Å². The van der Waals surface area contributed by atoms with Crippen molar-refractivity contribution in [3.63, 3.8) is 0 Å². The van der Waals surface area contributed by atoms with Gasteiger partial charge in [-0.25, -0.2) is 4.98 Å². The minimum Gasteiger partial charge on any atom is -0.340 e. The molecule has 2 aromatic rings. The Balaban J connectivity index is 1.72. The molecule has 7 heteroatoms. The summed E-state index contributed by atoms with van der Waals surface area (Å²) in [6, 6.07) is 1.92. The molecule has 0 bridgehead atoms. The molecule has 1 aliphatic heterocycles. The second-order valence-electron chi connectivity index (χ2n) is 5.41. The minimum atomic E-state index is -0.0472. The lowest BCUT2D eigenvalue weighted by Gasteiger charge is -2.27. The van der Waals surface area contributed by atoms with E-state index >= 15 is 0 Å². The van der Waals surface area contributed by atoms with Crippen LogP contribution in [0.2, 0.25) is 0 Å². The highest BCUT2D eigenvalue weighted by Crippen LogP contribution is 2.20. The summed E-state index contributed by atoms with van der Waals surface area (Å²) >= 11 is 1.56. The Bertz CT molecular complexity index is 731. The van der Waals surface area contributed by atoms with E-state index in [9.17, 15) is 9.59 Å². The van der Waals surface area contributed by atoms with Gasteiger partial charge in [0.15, 0.2) is 0 Å². The van der Waals surface area contributed by atoms with Crippen LogP contribution < -0.4 is 10.9 Å². The second kappa shape index (κ2) is 6.58. The van der Waals surface area contributed by atoms with Crippen molar-refractivity contribution >= 4 is 27.5 Å². The predicted octanol–water partition coefficient (Wildman–Crippen LogP) is 0.842. The van der Waals surface area contributed by atoms with Crippen LogP contribution in [0.25, 0.3) is 10.2 Å². The first-order chi connectivity index (χ1) is 10.7. The molecule has 1 aliphatic rings. The third-order valence-electron chi connectivity index (χ3n) is 3.95. The van der Waals surface area contributed by atoms with Crippen molar-refractivity contribution < 1.29 is 4.79 Å². The van der Waals surface area contributed by atoms with E-state index in [1.54, 1.807) is 22.2 Å². The number of fused-ring (bicyclic) bond motifs is 1. The fourth-order valence-corrected chi connectivity index (χ4v) is 3.56. The lowest BCUT2D eigenvalue weighted by Crippen LogP contribution is -2.46. The van der Waals surface area contributed by atoms with Crippen LogP contribution in [0, 0.1) is 0 Å². The smallest absolute Gasteiger partial charge is 0.262 e. The summed E-state index contributed by atoms with van der Waals surface area (Å²) in [5, 5.41) is 3.89. The number of hydrogen-bond acceptors (Lipinski definition) is 5. The predicted molar refractivity (Wildman–Crippen MR) is 87.3 cm³/mol. The SMILES string of the molecule is CCc1cc2c(=O)n(CCC(=O)N3CCNCC3)cnc2s1. The van der Waals surface area contributed by atoms with Crippen molar-refractivity contribution in [2.75, 3.05) is 26.2 Å². The van der Waals surface area contributed by atoms with Crippen molar-refractivity contribution in [2.24, 2.45) is 0 Å². The summed E-state index contributed by atoms with van der Waals surface area (Å²) < 4.78 is 1.55. The van der Waals surface area contributed by atoms with Gasteiger partial charge in [-0.3, -0.25) is 14.2 Å². The van der Waals surface area contributed by atoms with Gasteiger partial charge in [0.05, 0.1) is 11.7 Å². The van der Waals surface area contributed by atoms with Gasteiger partial charge >= 0.3 is 0 Å². The Morgan fingerprint density at radius 1 is 1.41 bits per heavy atom. The summed E-state index contributed by atoms with van der Waals surface area (Å²) in [5.74, 6) is 0.105. The van der Waals surface area contributed by atoms with Crippen LogP contribution in [0.5, 0.6) is 0 Å². The first kappa shape index (κ1) is 15.2. The van der Waals surface area contributed by atoms with Crippen LogP contribution in [0.4, 0.5) is 0 Å². The minimum absolute atomic E-state index is 0.0472. The molecule has 1 amide bonds. The van der Waals surface area contributed by atoms with Crippen LogP contribution >= 0.6 is 11.3 Å². The Morgan fingerprint density at radius 2 is 2.18 bits per heavy atom. The fourth-order valence-electron chi connectivity index (χ4n) is 2.63. The Kier molecular flexibility index (Phi) is 4.54. The van der Waals surface area contributed by atoms with E-state index in [0.29, 0.717) is 18.4 Å². The van der Waals surface area contributed by atoms with Gasteiger partial charge in [0.2, 0.25) is 5.91 Å². The summed E-state index contributed by atoms with van der Waals surface area (Å²) in [6.45, 7) is 5.63.